The van der Waals surface area contributed by atoms with Crippen LogP contribution in [0.1, 0.15) is 39.2 Å². The van der Waals surface area contributed by atoms with Crippen LogP contribution in [0.25, 0.3) is 5.70 Å². The molecule has 0 amide bonds. The van der Waals surface area contributed by atoms with Crippen LogP contribution in [0.3, 0.4) is 0 Å². The summed E-state index contributed by atoms with van der Waals surface area (Å²) in [6.45, 7) is 6.74. The molecule has 1 aliphatic heterocycles. The zero-order valence-corrected chi connectivity index (χ0v) is 19.0. The van der Waals surface area contributed by atoms with Crippen molar-refractivity contribution in [3.8, 4) is 0 Å². The SMILES string of the molecule is CCN1C(c2ccc(N(CN)S(=O)(=O)C3CC3)nc2)=C(N)C2C=CC(OC(C)C)=CC21. The summed E-state index contributed by atoms with van der Waals surface area (Å²) in [5, 5.41) is -0.342. The molecule has 0 radical (unpaired) electrons. The number of allylic oxidation sites excluding steroid dienone is 1. The molecule has 3 aliphatic rings. The molecule has 0 aromatic carbocycles. The number of aromatic nitrogens is 1. The van der Waals surface area contributed by atoms with E-state index in [0.29, 0.717) is 18.7 Å². The van der Waals surface area contributed by atoms with Crippen molar-refractivity contribution in [1.82, 2.24) is 9.88 Å². The van der Waals surface area contributed by atoms with Crippen molar-refractivity contribution in [2.75, 3.05) is 17.5 Å². The fraction of sp³-hybridized carbons (Fsp3) is 0.500. The number of pyridine rings is 1. The van der Waals surface area contributed by atoms with Gasteiger partial charge in [-0.05, 0) is 57.9 Å². The summed E-state index contributed by atoms with van der Waals surface area (Å²) in [5.41, 5.74) is 14.9. The van der Waals surface area contributed by atoms with Crippen LogP contribution < -0.4 is 15.8 Å². The highest BCUT2D eigenvalue weighted by Gasteiger charge is 2.41. The second-order valence-electron chi connectivity index (χ2n) is 8.38. The number of anilines is 1. The molecule has 1 fully saturated rings. The van der Waals surface area contributed by atoms with Crippen molar-refractivity contribution in [2.45, 2.75) is 51.0 Å². The summed E-state index contributed by atoms with van der Waals surface area (Å²) in [4.78, 5) is 6.68. The zero-order valence-electron chi connectivity index (χ0n) is 18.2. The Hall–Kier alpha value is -2.52. The lowest BCUT2D eigenvalue weighted by molar-refractivity contribution is 0.152. The van der Waals surface area contributed by atoms with Gasteiger partial charge >= 0.3 is 0 Å². The molecule has 168 valence electrons. The summed E-state index contributed by atoms with van der Waals surface area (Å²) < 4.78 is 32.3. The van der Waals surface area contributed by atoms with Gasteiger partial charge in [-0.15, -0.1) is 0 Å². The predicted molar refractivity (Wildman–Crippen MR) is 122 cm³/mol. The van der Waals surface area contributed by atoms with E-state index in [1.807, 2.05) is 26.0 Å². The Morgan fingerprint density at radius 1 is 1.32 bits per heavy atom. The normalized spacial score (nSPS) is 23.3. The van der Waals surface area contributed by atoms with Crippen molar-refractivity contribution in [3.63, 3.8) is 0 Å². The van der Waals surface area contributed by atoms with Crippen molar-refractivity contribution in [2.24, 2.45) is 17.4 Å². The lowest BCUT2D eigenvalue weighted by Gasteiger charge is -2.30. The van der Waals surface area contributed by atoms with E-state index < -0.39 is 10.0 Å². The van der Waals surface area contributed by atoms with Gasteiger partial charge in [0.1, 0.15) is 11.6 Å². The third-order valence-corrected chi connectivity index (χ3v) is 8.12. The standard InChI is InChI=1S/C22H31N5O3S/c1-4-26-19-11-16(30-14(2)3)6-9-18(19)21(24)22(26)15-5-10-20(25-12-15)27(13-23)31(28,29)17-7-8-17/h5-6,9-12,14,17-19H,4,7-8,13,23-24H2,1-3H3. The first-order valence-electron chi connectivity index (χ1n) is 10.8. The number of nitrogens with zero attached hydrogens (tertiary/aromatic N) is 3. The number of hydrogen-bond acceptors (Lipinski definition) is 7. The van der Waals surface area contributed by atoms with Crippen molar-refractivity contribution >= 4 is 21.5 Å². The largest absolute Gasteiger partial charge is 0.491 e. The molecule has 0 spiro atoms. The number of fused-ring (bicyclic) bond motifs is 1. The van der Waals surface area contributed by atoms with Gasteiger partial charge in [0.2, 0.25) is 10.0 Å². The van der Waals surface area contributed by atoms with E-state index in [-0.39, 0.29) is 30.0 Å². The average molecular weight is 446 g/mol. The van der Waals surface area contributed by atoms with Crippen LogP contribution in [-0.2, 0) is 14.8 Å². The molecule has 2 aliphatic carbocycles. The maximum Gasteiger partial charge on any atom is 0.240 e. The number of likely N-dealkylation sites (N-methyl/N-ethyl adjacent to an activating group) is 1. The van der Waals surface area contributed by atoms with Crippen LogP contribution in [0.5, 0.6) is 0 Å². The van der Waals surface area contributed by atoms with Gasteiger partial charge in [0.25, 0.3) is 0 Å². The van der Waals surface area contributed by atoms with Gasteiger partial charge in [-0.25, -0.2) is 17.7 Å². The Bertz CT molecular complexity index is 1030. The Morgan fingerprint density at radius 2 is 2.06 bits per heavy atom. The molecule has 1 saturated carbocycles. The molecule has 4 N–H and O–H groups in total. The minimum atomic E-state index is -3.45. The predicted octanol–water partition coefficient (Wildman–Crippen LogP) is 2.12. The monoisotopic (exact) mass is 445 g/mol. The topological polar surface area (TPSA) is 115 Å². The fourth-order valence-electron chi connectivity index (χ4n) is 4.28. The highest BCUT2D eigenvalue weighted by Crippen LogP contribution is 2.41. The molecule has 9 heteroatoms. The van der Waals surface area contributed by atoms with Gasteiger partial charge in [0, 0.05) is 29.9 Å². The summed E-state index contributed by atoms with van der Waals surface area (Å²) in [6.07, 6.45) is 9.33. The molecule has 4 rings (SSSR count). The first kappa shape index (κ1) is 21.7. The summed E-state index contributed by atoms with van der Waals surface area (Å²) in [7, 11) is -3.45. The number of ether oxygens (including phenoxy) is 1. The Balaban J connectivity index is 1.63. The van der Waals surface area contributed by atoms with Crippen LogP contribution in [0, 0.1) is 5.92 Å². The molecule has 31 heavy (non-hydrogen) atoms. The molecule has 2 heterocycles. The number of rotatable bonds is 8. The first-order valence-corrected chi connectivity index (χ1v) is 12.3. The van der Waals surface area contributed by atoms with Crippen LogP contribution in [0.2, 0.25) is 0 Å². The second-order valence-corrected chi connectivity index (χ2v) is 10.5. The summed E-state index contributed by atoms with van der Waals surface area (Å²) >= 11 is 0. The van der Waals surface area contributed by atoms with Gasteiger partial charge in [-0.1, -0.05) is 6.08 Å². The third-order valence-electron chi connectivity index (χ3n) is 5.86. The maximum atomic E-state index is 12.6. The van der Waals surface area contributed by atoms with Gasteiger partial charge in [-0.2, -0.15) is 0 Å². The van der Waals surface area contributed by atoms with Crippen LogP contribution in [0.15, 0.2) is 48.0 Å². The quantitative estimate of drug-likeness (QED) is 0.589. The van der Waals surface area contributed by atoms with E-state index >= 15 is 0 Å². The van der Waals surface area contributed by atoms with E-state index in [2.05, 4.69) is 29.0 Å². The zero-order chi connectivity index (χ0) is 22.3. The van der Waals surface area contributed by atoms with E-state index in [4.69, 9.17) is 16.2 Å². The van der Waals surface area contributed by atoms with Crippen LogP contribution in [0.4, 0.5) is 5.82 Å². The first-order chi connectivity index (χ1) is 14.8. The van der Waals surface area contributed by atoms with Gasteiger partial charge in [0.05, 0.1) is 29.8 Å². The van der Waals surface area contributed by atoms with Crippen LogP contribution >= 0.6 is 0 Å². The molecule has 0 saturated heterocycles. The van der Waals surface area contributed by atoms with Gasteiger partial charge in [0.15, 0.2) is 0 Å². The smallest absolute Gasteiger partial charge is 0.240 e. The second kappa shape index (κ2) is 8.20. The highest BCUT2D eigenvalue weighted by molar-refractivity contribution is 7.93. The number of sulfonamides is 1. The van der Waals surface area contributed by atoms with Crippen LogP contribution in [-0.4, -0.2) is 48.9 Å². The molecule has 1 aromatic rings. The van der Waals surface area contributed by atoms with Crippen molar-refractivity contribution < 1.29 is 13.2 Å². The lowest BCUT2D eigenvalue weighted by Crippen LogP contribution is -2.38. The summed E-state index contributed by atoms with van der Waals surface area (Å²) in [5.74, 6) is 1.24. The third kappa shape index (κ3) is 3.92. The number of nitrogens with two attached hydrogens (primary N) is 2. The van der Waals surface area contributed by atoms with E-state index in [0.717, 1.165) is 29.3 Å². The Labute approximate surface area is 184 Å². The molecular weight excluding hydrogens is 414 g/mol. The Kier molecular flexibility index (Phi) is 5.74. The average Bonchev–Trinajstić information content (AvgIpc) is 3.55. The minimum Gasteiger partial charge on any atom is -0.491 e. The molecule has 2 unspecified atom stereocenters. The molecule has 2 atom stereocenters. The Morgan fingerprint density at radius 3 is 2.61 bits per heavy atom. The van der Waals surface area contributed by atoms with Gasteiger partial charge in [-0.3, -0.25) is 0 Å². The molecular formula is C22H31N5O3S. The van der Waals surface area contributed by atoms with Crippen molar-refractivity contribution in [1.29, 1.82) is 0 Å². The maximum absolute atomic E-state index is 12.6. The van der Waals surface area contributed by atoms with E-state index in [1.165, 1.54) is 4.31 Å². The lowest BCUT2D eigenvalue weighted by atomic mass is 9.93. The highest BCUT2D eigenvalue weighted by atomic mass is 32.2. The number of hydrogen-bond donors (Lipinski definition) is 2. The summed E-state index contributed by atoms with van der Waals surface area (Å²) in [6, 6.07) is 3.65. The molecule has 1 aromatic heterocycles. The van der Waals surface area contributed by atoms with Gasteiger partial charge < -0.3 is 21.1 Å². The van der Waals surface area contributed by atoms with E-state index in [9.17, 15) is 8.42 Å². The molecule has 0 bridgehead atoms. The van der Waals surface area contributed by atoms with E-state index in [1.54, 1.807) is 12.3 Å². The molecule has 8 nitrogen and oxygen atoms in total. The minimum absolute atomic E-state index is 0.0601. The fourth-order valence-corrected chi connectivity index (χ4v) is 5.95. The van der Waals surface area contributed by atoms with Crippen molar-refractivity contribution in [3.05, 3.63) is 53.6 Å².